The SMILES string of the molecule is Cc1ccc(-c2c(C)c3c(c(C)c2C(OC(C)(C)C)C(=O)O)CN(C(=O)N2CCCCC2)C3)c(Cl)c1. The summed E-state index contributed by atoms with van der Waals surface area (Å²) in [6, 6.07) is 5.90. The fraction of sp³-hybridized carbons (Fsp3) is 0.517. The molecule has 2 heterocycles. The zero-order valence-electron chi connectivity index (χ0n) is 22.2. The number of nitrogens with zero attached hydrogens (tertiary/aromatic N) is 2. The van der Waals surface area contributed by atoms with Crippen molar-refractivity contribution in [2.75, 3.05) is 13.1 Å². The molecule has 0 radical (unpaired) electrons. The Balaban J connectivity index is 1.89. The third kappa shape index (κ3) is 5.12. The van der Waals surface area contributed by atoms with Crippen LogP contribution >= 0.6 is 11.6 Å². The summed E-state index contributed by atoms with van der Waals surface area (Å²) in [6.07, 6.45) is 2.06. The van der Waals surface area contributed by atoms with Crippen molar-refractivity contribution in [1.82, 2.24) is 9.80 Å². The van der Waals surface area contributed by atoms with Crippen molar-refractivity contribution in [2.24, 2.45) is 0 Å². The van der Waals surface area contributed by atoms with Crippen LogP contribution in [0.5, 0.6) is 0 Å². The van der Waals surface area contributed by atoms with E-state index in [0.717, 1.165) is 71.3 Å². The quantitative estimate of drug-likeness (QED) is 0.489. The number of benzene rings is 2. The molecule has 1 fully saturated rings. The van der Waals surface area contributed by atoms with Crippen LogP contribution in [0, 0.1) is 20.8 Å². The molecule has 2 aliphatic heterocycles. The molecule has 0 bridgehead atoms. The van der Waals surface area contributed by atoms with Crippen LogP contribution in [0.3, 0.4) is 0 Å². The zero-order chi connectivity index (χ0) is 26.4. The third-order valence-corrected chi connectivity index (χ3v) is 7.58. The van der Waals surface area contributed by atoms with Crippen molar-refractivity contribution in [3.8, 4) is 11.1 Å². The Morgan fingerprint density at radius 2 is 1.58 bits per heavy atom. The first kappa shape index (κ1) is 26.5. The van der Waals surface area contributed by atoms with Crippen molar-refractivity contribution < 1.29 is 19.4 Å². The molecule has 2 aromatic carbocycles. The van der Waals surface area contributed by atoms with Gasteiger partial charge in [0.05, 0.1) is 5.60 Å². The normalized spacial score (nSPS) is 16.8. The van der Waals surface area contributed by atoms with E-state index in [4.69, 9.17) is 16.3 Å². The van der Waals surface area contributed by atoms with Gasteiger partial charge in [0, 0.05) is 42.3 Å². The van der Waals surface area contributed by atoms with Crippen LogP contribution < -0.4 is 0 Å². The molecular formula is C29H37ClN2O4. The number of ether oxygens (including phenoxy) is 1. The lowest BCUT2D eigenvalue weighted by Gasteiger charge is -2.30. The number of halogens is 1. The molecular weight excluding hydrogens is 476 g/mol. The molecule has 0 aliphatic carbocycles. The number of aryl methyl sites for hydroxylation is 1. The van der Waals surface area contributed by atoms with Gasteiger partial charge in [0.2, 0.25) is 0 Å². The summed E-state index contributed by atoms with van der Waals surface area (Å²) >= 11 is 6.75. The van der Waals surface area contributed by atoms with E-state index in [1.807, 2.05) is 69.5 Å². The van der Waals surface area contributed by atoms with E-state index in [2.05, 4.69) is 0 Å². The highest BCUT2D eigenvalue weighted by Crippen LogP contribution is 2.45. The number of carboxylic acid groups (broad SMARTS) is 1. The highest BCUT2D eigenvalue weighted by atomic mass is 35.5. The Morgan fingerprint density at radius 3 is 2.14 bits per heavy atom. The Labute approximate surface area is 219 Å². The van der Waals surface area contributed by atoms with Crippen LogP contribution in [0.2, 0.25) is 5.02 Å². The predicted molar refractivity (Wildman–Crippen MR) is 142 cm³/mol. The molecule has 1 atom stereocenters. The predicted octanol–water partition coefficient (Wildman–Crippen LogP) is 6.79. The van der Waals surface area contributed by atoms with Gasteiger partial charge in [0.15, 0.2) is 6.10 Å². The number of likely N-dealkylation sites (tertiary alicyclic amines) is 1. The summed E-state index contributed by atoms with van der Waals surface area (Å²) in [4.78, 5) is 29.8. The molecule has 7 heteroatoms. The van der Waals surface area contributed by atoms with Gasteiger partial charge in [-0.2, -0.15) is 0 Å². The minimum Gasteiger partial charge on any atom is -0.479 e. The van der Waals surface area contributed by atoms with Crippen molar-refractivity contribution in [2.45, 2.75) is 85.6 Å². The summed E-state index contributed by atoms with van der Waals surface area (Å²) in [5, 5.41) is 10.9. The van der Waals surface area contributed by atoms with Crippen molar-refractivity contribution in [3.05, 3.63) is 56.6 Å². The monoisotopic (exact) mass is 512 g/mol. The molecule has 1 N–H and O–H groups in total. The molecule has 0 spiro atoms. The Bertz CT molecular complexity index is 1190. The molecule has 194 valence electrons. The maximum atomic E-state index is 13.4. The van der Waals surface area contributed by atoms with E-state index in [-0.39, 0.29) is 6.03 Å². The Hall–Kier alpha value is -2.57. The molecule has 36 heavy (non-hydrogen) atoms. The van der Waals surface area contributed by atoms with Crippen molar-refractivity contribution in [3.63, 3.8) is 0 Å². The second-order valence-electron chi connectivity index (χ2n) is 11.1. The Kier molecular flexibility index (Phi) is 7.40. The summed E-state index contributed by atoms with van der Waals surface area (Å²) in [5.41, 5.74) is 6.45. The number of carbonyl (C=O) groups is 2. The topological polar surface area (TPSA) is 70.1 Å². The molecule has 1 unspecified atom stereocenters. The maximum absolute atomic E-state index is 13.4. The maximum Gasteiger partial charge on any atom is 0.337 e. The number of aliphatic carboxylic acids is 1. The number of piperidine rings is 1. The van der Waals surface area contributed by atoms with Crippen LogP contribution in [0.15, 0.2) is 18.2 Å². The molecule has 2 aliphatic rings. The number of hydrogen-bond donors (Lipinski definition) is 1. The van der Waals surface area contributed by atoms with E-state index in [0.29, 0.717) is 23.7 Å². The number of carboxylic acids is 1. The fourth-order valence-electron chi connectivity index (χ4n) is 5.53. The van der Waals surface area contributed by atoms with Crippen LogP contribution in [-0.2, 0) is 22.6 Å². The summed E-state index contributed by atoms with van der Waals surface area (Å²) in [7, 11) is 0. The van der Waals surface area contributed by atoms with Gasteiger partial charge in [-0.05, 0) is 100 Å². The van der Waals surface area contributed by atoms with Gasteiger partial charge in [0.25, 0.3) is 0 Å². The number of fused-ring (bicyclic) bond motifs is 1. The molecule has 2 aromatic rings. The summed E-state index contributed by atoms with van der Waals surface area (Å²) < 4.78 is 6.14. The number of urea groups is 1. The number of carbonyl (C=O) groups excluding carboxylic acids is 1. The van der Waals surface area contributed by atoms with Gasteiger partial charge in [-0.3, -0.25) is 0 Å². The highest BCUT2D eigenvalue weighted by Gasteiger charge is 2.37. The second-order valence-corrected chi connectivity index (χ2v) is 11.5. The van der Waals surface area contributed by atoms with E-state index < -0.39 is 17.7 Å². The van der Waals surface area contributed by atoms with E-state index in [1.165, 1.54) is 0 Å². The molecule has 6 nitrogen and oxygen atoms in total. The van der Waals surface area contributed by atoms with E-state index in [1.54, 1.807) is 0 Å². The molecule has 4 rings (SSSR count). The van der Waals surface area contributed by atoms with Gasteiger partial charge in [-0.25, -0.2) is 9.59 Å². The van der Waals surface area contributed by atoms with Gasteiger partial charge in [0.1, 0.15) is 0 Å². The summed E-state index contributed by atoms with van der Waals surface area (Å²) in [6.45, 7) is 14.1. The minimum absolute atomic E-state index is 0.0573. The molecule has 1 saturated heterocycles. The first-order valence-electron chi connectivity index (χ1n) is 12.7. The first-order valence-corrected chi connectivity index (χ1v) is 13.1. The smallest absolute Gasteiger partial charge is 0.337 e. The number of amides is 2. The van der Waals surface area contributed by atoms with Crippen molar-refractivity contribution >= 4 is 23.6 Å². The van der Waals surface area contributed by atoms with Crippen LogP contribution in [0.25, 0.3) is 11.1 Å². The van der Waals surface area contributed by atoms with Gasteiger partial charge < -0.3 is 19.6 Å². The molecule has 0 saturated carbocycles. The van der Waals surface area contributed by atoms with Gasteiger partial charge >= 0.3 is 12.0 Å². The van der Waals surface area contributed by atoms with Crippen molar-refractivity contribution in [1.29, 1.82) is 0 Å². The second kappa shape index (κ2) is 10.1. The van der Waals surface area contributed by atoms with Crippen LogP contribution in [0.4, 0.5) is 4.79 Å². The number of hydrogen-bond acceptors (Lipinski definition) is 3. The average molecular weight is 513 g/mol. The lowest BCUT2D eigenvalue weighted by atomic mass is 9.83. The van der Waals surface area contributed by atoms with Gasteiger partial charge in [-0.1, -0.05) is 23.7 Å². The zero-order valence-corrected chi connectivity index (χ0v) is 23.0. The lowest BCUT2D eigenvalue weighted by Crippen LogP contribution is -2.43. The largest absolute Gasteiger partial charge is 0.479 e. The summed E-state index contributed by atoms with van der Waals surface area (Å²) in [5.74, 6) is -1.05. The lowest BCUT2D eigenvalue weighted by molar-refractivity contribution is -0.160. The minimum atomic E-state index is -1.17. The average Bonchev–Trinajstić information content (AvgIpc) is 3.26. The van der Waals surface area contributed by atoms with E-state index >= 15 is 0 Å². The third-order valence-electron chi connectivity index (χ3n) is 7.26. The van der Waals surface area contributed by atoms with Gasteiger partial charge in [-0.15, -0.1) is 0 Å². The Morgan fingerprint density at radius 1 is 0.972 bits per heavy atom. The standard InChI is InChI=1S/C29H37ClN2O4/c1-17-10-11-20(23(30)14-17)24-18(2)21-15-32(28(35)31-12-8-7-9-13-31)16-22(21)19(3)25(24)26(27(33)34)36-29(4,5)6/h10-11,14,26H,7-9,12-13,15-16H2,1-6H3,(H,33,34). The molecule has 2 amide bonds. The first-order chi connectivity index (χ1) is 16.9. The molecule has 0 aromatic heterocycles. The van der Waals surface area contributed by atoms with E-state index in [9.17, 15) is 14.7 Å². The number of rotatable bonds is 4. The van der Waals surface area contributed by atoms with Crippen LogP contribution in [-0.4, -0.2) is 45.6 Å². The highest BCUT2D eigenvalue weighted by molar-refractivity contribution is 6.33. The fourth-order valence-corrected chi connectivity index (χ4v) is 5.86. The van der Waals surface area contributed by atoms with Crippen LogP contribution in [0.1, 0.15) is 79.5 Å².